The van der Waals surface area contributed by atoms with Crippen molar-refractivity contribution in [1.29, 1.82) is 0 Å². The lowest BCUT2D eigenvalue weighted by Gasteiger charge is -2.22. The molecular weight excluding hydrogens is 678 g/mol. The van der Waals surface area contributed by atoms with Crippen molar-refractivity contribution in [3.8, 4) is 16.9 Å². The molecule has 14 nitrogen and oxygen atoms in total. The van der Waals surface area contributed by atoms with Crippen molar-refractivity contribution < 1.29 is 41.5 Å². The van der Waals surface area contributed by atoms with E-state index in [1.165, 1.54) is 46.5 Å². The Bertz CT molecular complexity index is 2490. The Morgan fingerprint density at radius 2 is 1.72 bits per heavy atom. The van der Waals surface area contributed by atoms with Crippen LogP contribution < -0.4 is 25.4 Å². The third-order valence-corrected chi connectivity index (χ3v) is 10.1. The van der Waals surface area contributed by atoms with E-state index in [0.717, 1.165) is 6.07 Å². The Labute approximate surface area is 281 Å². The van der Waals surface area contributed by atoms with E-state index < -0.39 is 75.2 Å². The number of amides is 4. The molecule has 0 bridgehead atoms. The van der Waals surface area contributed by atoms with Crippen LogP contribution >= 0.6 is 0 Å². The molecule has 5 aromatic rings. The van der Waals surface area contributed by atoms with Gasteiger partial charge in [-0.05, 0) is 53.3 Å². The zero-order valence-corrected chi connectivity index (χ0v) is 26.8. The number of imidazole rings is 1. The highest BCUT2D eigenvalue weighted by Gasteiger charge is 2.38. The normalized spacial score (nSPS) is 17.3. The van der Waals surface area contributed by atoms with Crippen LogP contribution in [0.15, 0.2) is 65.5 Å². The molecule has 0 aliphatic carbocycles. The summed E-state index contributed by atoms with van der Waals surface area (Å²) in [6.07, 6.45) is 0.0758. The summed E-state index contributed by atoms with van der Waals surface area (Å²) in [5.41, 5.74) is 0.880. The van der Waals surface area contributed by atoms with Gasteiger partial charge in [-0.2, -0.15) is 8.42 Å². The fraction of sp³-hybridized carbons (Fsp3) is 0.182. The number of nitrogens with one attached hydrogen (secondary N) is 3. The summed E-state index contributed by atoms with van der Waals surface area (Å²) in [4.78, 5) is 61.7. The predicted octanol–water partition coefficient (Wildman–Crippen LogP) is 2.48. The largest absolute Gasteiger partial charge is 0.506 e. The number of anilines is 2. The fourth-order valence-corrected chi connectivity index (χ4v) is 7.49. The molecule has 2 aliphatic heterocycles. The molecule has 4 N–H and O–H groups in total. The van der Waals surface area contributed by atoms with Gasteiger partial charge in [0.25, 0.3) is 5.91 Å². The third kappa shape index (κ3) is 5.50. The van der Waals surface area contributed by atoms with E-state index >= 15 is 8.78 Å². The lowest BCUT2D eigenvalue weighted by molar-refractivity contribution is -0.135. The van der Waals surface area contributed by atoms with E-state index in [0.29, 0.717) is 20.9 Å². The van der Waals surface area contributed by atoms with Crippen LogP contribution in [0.5, 0.6) is 5.75 Å². The van der Waals surface area contributed by atoms with Gasteiger partial charge in [-0.15, -0.1) is 0 Å². The summed E-state index contributed by atoms with van der Waals surface area (Å²) in [5, 5.41) is 15.5. The minimum absolute atomic E-state index is 0.0512. The van der Waals surface area contributed by atoms with Crippen LogP contribution in [0.3, 0.4) is 0 Å². The maximum atomic E-state index is 15.5. The number of hydrogen-bond donors (Lipinski definition) is 4. The number of carbonyl (C=O) groups excluding carboxylic acids is 4. The highest BCUT2D eigenvalue weighted by atomic mass is 32.2. The molecule has 2 fully saturated rings. The minimum atomic E-state index is -4.37. The first kappa shape index (κ1) is 32.4. The average molecular weight is 705 g/mol. The van der Waals surface area contributed by atoms with Crippen LogP contribution in [-0.2, 0) is 42.9 Å². The number of phenolic OH excluding ortho intramolecular Hbond substituents is 1. The molecule has 17 heteroatoms. The number of piperidine rings is 1. The van der Waals surface area contributed by atoms with Crippen LogP contribution in [0, 0.1) is 11.6 Å². The topological polar surface area (TPSA) is 189 Å². The van der Waals surface area contributed by atoms with Gasteiger partial charge < -0.3 is 10.4 Å². The first-order valence-electron chi connectivity index (χ1n) is 15.1. The Kier molecular flexibility index (Phi) is 7.66. The van der Waals surface area contributed by atoms with Gasteiger partial charge in [-0.1, -0.05) is 24.3 Å². The quantitative estimate of drug-likeness (QED) is 0.194. The number of benzene rings is 4. The standard InChI is InChI=1S/C33H26F2N6O8S/c1-39-24-13-21(22(34)14-25(24)41(33(39)47)23-8-9-27(43)37-32(23)46)17-4-2-16(3-5-17)10-28(44)36-19-6-7-20-18(11-19)12-26(42)31(30(20)35)40-15-29(45)38-50(40,48)49/h2-7,11-14,23,42H,8-10,15H2,1H3,(H,36,44)(H,38,45)(H,37,43,46). The number of imide groups is 1. The molecule has 7 rings (SSSR count). The van der Waals surface area contributed by atoms with Crippen molar-refractivity contribution in [2.75, 3.05) is 16.2 Å². The van der Waals surface area contributed by atoms with Crippen LogP contribution in [0.2, 0.25) is 0 Å². The van der Waals surface area contributed by atoms with Crippen LogP contribution in [-0.4, -0.2) is 52.8 Å². The van der Waals surface area contributed by atoms with Crippen molar-refractivity contribution in [2.24, 2.45) is 7.05 Å². The molecule has 2 saturated heterocycles. The second-order valence-electron chi connectivity index (χ2n) is 12.0. The van der Waals surface area contributed by atoms with Crippen molar-refractivity contribution in [1.82, 2.24) is 19.2 Å². The van der Waals surface area contributed by atoms with Gasteiger partial charge >= 0.3 is 15.9 Å². The van der Waals surface area contributed by atoms with Gasteiger partial charge in [0.05, 0.1) is 17.5 Å². The number of aryl methyl sites for hydroxylation is 1. The molecule has 1 atom stereocenters. The first-order chi connectivity index (χ1) is 23.7. The summed E-state index contributed by atoms with van der Waals surface area (Å²) in [6.45, 7) is -0.695. The average Bonchev–Trinajstić information content (AvgIpc) is 3.45. The van der Waals surface area contributed by atoms with Crippen molar-refractivity contribution in [3.05, 3.63) is 88.3 Å². The molecular formula is C33H26F2N6O8S. The van der Waals surface area contributed by atoms with E-state index in [-0.39, 0.29) is 46.8 Å². The maximum absolute atomic E-state index is 15.5. The lowest BCUT2D eigenvalue weighted by atomic mass is 10.0. The van der Waals surface area contributed by atoms with Crippen LogP contribution in [0.4, 0.5) is 20.2 Å². The zero-order valence-electron chi connectivity index (χ0n) is 26.0. The van der Waals surface area contributed by atoms with Gasteiger partial charge in [0.15, 0.2) is 5.82 Å². The molecule has 256 valence electrons. The molecule has 4 amide bonds. The molecule has 3 heterocycles. The molecule has 0 spiro atoms. The van der Waals surface area contributed by atoms with Gasteiger partial charge in [0, 0.05) is 36.2 Å². The van der Waals surface area contributed by atoms with Gasteiger partial charge in [-0.3, -0.25) is 33.6 Å². The summed E-state index contributed by atoms with van der Waals surface area (Å²) in [6, 6.07) is 13.4. The van der Waals surface area contributed by atoms with Crippen molar-refractivity contribution in [2.45, 2.75) is 25.3 Å². The Morgan fingerprint density at radius 1 is 0.980 bits per heavy atom. The second kappa shape index (κ2) is 11.8. The Hall–Kier alpha value is -6.10. The third-order valence-electron chi connectivity index (χ3n) is 8.71. The van der Waals surface area contributed by atoms with E-state index in [2.05, 4.69) is 10.6 Å². The molecule has 50 heavy (non-hydrogen) atoms. The smallest absolute Gasteiger partial charge is 0.329 e. The highest BCUT2D eigenvalue weighted by Crippen LogP contribution is 2.39. The highest BCUT2D eigenvalue weighted by molar-refractivity contribution is 7.92. The summed E-state index contributed by atoms with van der Waals surface area (Å²) < 4.78 is 59.9. The number of aromatic nitrogens is 2. The summed E-state index contributed by atoms with van der Waals surface area (Å²) >= 11 is 0. The van der Waals surface area contributed by atoms with Crippen LogP contribution in [0.25, 0.3) is 32.9 Å². The predicted molar refractivity (Wildman–Crippen MR) is 176 cm³/mol. The Morgan fingerprint density at radius 3 is 2.40 bits per heavy atom. The number of hydrogen-bond acceptors (Lipinski definition) is 8. The second-order valence-corrected chi connectivity index (χ2v) is 13.5. The minimum Gasteiger partial charge on any atom is -0.506 e. The number of carbonyl (C=O) groups is 4. The van der Waals surface area contributed by atoms with Gasteiger partial charge in [0.1, 0.15) is 29.8 Å². The van der Waals surface area contributed by atoms with Crippen molar-refractivity contribution in [3.63, 3.8) is 0 Å². The summed E-state index contributed by atoms with van der Waals surface area (Å²) in [5.74, 6) is -4.81. The number of nitrogens with zero attached hydrogens (tertiary/aromatic N) is 3. The van der Waals surface area contributed by atoms with Gasteiger partial charge in [0.2, 0.25) is 17.7 Å². The molecule has 1 unspecified atom stereocenters. The van der Waals surface area contributed by atoms with E-state index in [1.54, 1.807) is 29.0 Å². The van der Waals surface area contributed by atoms with Crippen molar-refractivity contribution >= 4 is 67.0 Å². The molecule has 0 radical (unpaired) electrons. The van der Waals surface area contributed by atoms with E-state index in [9.17, 15) is 37.5 Å². The molecule has 1 aromatic heterocycles. The monoisotopic (exact) mass is 704 g/mol. The van der Waals surface area contributed by atoms with E-state index in [4.69, 9.17) is 0 Å². The molecule has 2 aliphatic rings. The SMILES string of the molecule is Cn1c(=O)n(C2CCC(=O)NC2=O)c2cc(F)c(-c3ccc(CC(=O)Nc4ccc5c(F)c(N6CC(=O)NS6(=O)=O)c(O)cc5c4)cc3)cc21. The van der Waals surface area contributed by atoms with Gasteiger partial charge in [-0.25, -0.2) is 22.6 Å². The van der Waals surface area contributed by atoms with E-state index in [1.807, 2.05) is 0 Å². The fourth-order valence-electron chi connectivity index (χ4n) is 6.32. The number of fused-ring (bicyclic) bond motifs is 2. The van der Waals surface area contributed by atoms with Crippen LogP contribution in [0.1, 0.15) is 24.4 Å². The zero-order chi connectivity index (χ0) is 35.6. The number of rotatable bonds is 6. The lowest BCUT2D eigenvalue weighted by Crippen LogP contribution is -2.44. The Balaban J connectivity index is 1.08. The summed E-state index contributed by atoms with van der Waals surface area (Å²) in [7, 11) is -2.87. The maximum Gasteiger partial charge on any atom is 0.329 e. The number of aromatic hydroxyl groups is 1. The molecule has 0 saturated carbocycles. The number of halogens is 2. The first-order valence-corrected chi connectivity index (χ1v) is 16.6. The molecule has 4 aromatic carbocycles. The number of phenols is 1.